The van der Waals surface area contributed by atoms with Gasteiger partial charge in [0.15, 0.2) is 0 Å². The first kappa shape index (κ1) is 19.5. The molecule has 7 heteroatoms. The molecule has 2 rings (SSSR count). The second-order valence-electron chi connectivity index (χ2n) is 7.00. The number of hydrogen-bond acceptors (Lipinski definition) is 5. The number of nitrogens with one attached hydrogen (secondary N) is 2. The van der Waals surface area contributed by atoms with E-state index in [1.807, 2.05) is 31.1 Å². The highest BCUT2D eigenvalue weighted by Crippen LogP contribution is 2.14. The number of carbonyl (C=O) groups is 1. The van der Waals surface area contributed by atoms with Gasteiger partial charge in [0.1, 0.15) is 5.82 Å². The summed E-state index contributed by atoms with van der Waals surface area (Å²) in [5.74, 6) is 0.868. The lowest BCUT2D eigenvalue weighted by molar-refractivity contribution is -0.0778. The highest BCUT2D eigenvalue weighted by atomic mass is 16.5. The predicted molar refractivity (Wildman–Crippen MR) is 99.8 cm³/mol. The molecular formula is C18H31N5O2. The van der Waals surface area contributed by atoms with Crippen molar-refractivity contribution in [2.75, 3.05) is 38.6 Å². The van der Waals surface area contributed by atoms with Crippen molar-refractivity contribution < 1.29 is 9.53 Å². The van der Waals surface area contributed by atoms with Crippen LogP contribution in [0.4, 0.5) is 10.6 Å². The lowest BCUT2D eigenvalue weighted by Gasteiger charge is -2.38. The zero-order chi connectivity index (χ0) is 18.4. The average molecular weight is 349 g/mol. The van der Waals surface area contributed by atoms with Gasteiger partial charge in [-0.2, -0.15) is 0 Å². The van der Waals surface area contributed by atoms with E-state index >= 15 is 0 Å². The molecule has 0 aromatic carbocycles. The fourth-order valence-corrected chi connectivity index (χ4v) is 3.16. The summed E-state index contributed by atoms with van der Waals surface area (Å²) >= 11 is 0. The maximum atomic E-state index is 12.1. The monoisotopic (exact) mass is 349 g/mol. The van der Waals surface area contributed by atoms with Crippen molar-refractivity contribution in [1.29, 1.82) is 0 Å². The molecule has 3 atom stereocenters. The maximum absolute atomic E-state index is 12.1. The normalized spacial score (nSPS) is 22.3. The standard InChI is InChI=1S/C18H31N5O2/c1-13(23-11-14(2)25-15(3)12-23)9-20-18(24)21-10-16-7-6-8-19-17(16)22(4)5/h6-8,13-15H,9-12H2,1-5H3,(H2,20,21,24)/t13-,14+,15+/m0/s1. The number of nitrogens with zero attached hydrogens (tertiary/aromatic N) is 3. The number of ether oxygens (including phenoxy) is 1. The van der Waals surface area contributed by atoms with E-state index in [1.165, 1.54) is 0 Å². The van der Waals surface area contributed by atoms with E-state index in [9.17, 15) is 4.79 Å². The van der Waals surface area contributed by atoms with E-state index < -0.39 is 0 Å². The first-order valence-corrected chi connectivity index (χ1v) is 8.89. The van der Waals surface area contributed by atoms with Crippen LogP contribution in [0.2, 0.25) is 0 Å². The van der Waals surface area contributed by atoms with Gasteiger partial charge >= 0.3 is 6.03 Å². The number of carbonyl (C=O) groups excluding carboxylic acids is 1. The molecule has 1 aliphatic heterocycles. The number of hydrogen-bond donors (Lipinski definition) is 2. The fraction of sp³-hybridized carbons (Fsp3) is 0.667. The maximum Gasteiger partial charge on any atom is 0.315 e. The lowest BCUT2D eigenvalue weighted by Crippen LogP contribution is -2.52. The summed E-state index contributed by atoms with van der Waals surface area (Å²) in [7, 11) is 3.88. The van der Waals surface area contributed by atoms with Crippen molar-refractivity contribution in [3.63, 3.8) is 0 Å². The molecule has 0 unspecified atom stereocenters. The van der Waals surface area contributed by atoms with Gasteiger partial charge in [-0.25, -0.2) is 9.78 Å². The van der Waals surface area contributed by atoms with E-state index in [2.05, 4.69) is 41.3 Å². The van der Waals surface area contributed by atoms with Crippen molar-refractivity contribution in [1.82, 2.24) is 20.5 Å². The Labute approximate surface area is 150 Å². The zero-order valence-corrected chi connectivity index (χ0v) is 16.0. The van der Waals surface area contributed by atoms with Gasteiger partial charge in [-0.15, -0.1) is 0 Å². The Hall–Kier alpha value is -1.86. The first-order chi connectivity index (χ1) is 11.9. The molecule has 140 valence electrons. The summed E-state index contributed by atoms with van der Waals surface area (Å²) in [5.41, 5.74) is 0.992. The quantitative estimate of drug-likeness (QED) is 0.813. The Morgan fingerprint density at radius 1 is 1.36 bits per heavy atom. The lowest BCUT2D eigenvalue weighted by atomic mass is 10.2. The predicted octanol–water partition coefficient (Wildman–Crippen LogP) is 1.44. The SMILES string of the molecule is C[C@@H]1CN([C@@H](C)CNC(=O)NCc2cccnc2N(C)C)C[C@@H](C)O1. The van der Waals surface area contributed by atoms with Crippen molar-refractivity contribution in [2.45, 2.75) is 45.6 Å². The van der Waals surface area contributed by atoms with E-state index in [-0.39, 0.29) is 24.3 Å². The molecule has 0 saturated carbocycles. The molecule has 1 aromatic rings. The van der Waals surface area contributed by atoms with Crippen LogP contribution in [0.5, 0.6) is 0 Å². The van der Waals surface area contributed by atoms with Gasteiger partial charge in [0, 0.05) is 58.1 Å². The van der Waals surface area contributed by atoms with Crippen molar-refractivity contribution in [3.05, 3.63) is 23.9 Å². The van der Waals surface area contributed by atoms with Gasteiger partial charge in [0.25, 0.3) is 0 Å². The van der Waals surface area contributed by atoms with E-state index in [0.29, 0.717) is 13.1 Å². The smallest absolute Gasteiger partial charge is 0.315 e. The van der Waals surface area contributed by atoms with Crippen LogP contribution in [0.15, 0.2) is 18.3 Å². The molecule has 1 aromatic heterocycles. The Morgan fingerprint density at radius 3 is 2.68 bits per heavy atom. The second-order valence-corrected chi connectivity index (χ2v) is 7.00. The van der Waals surface area contributed by atoms with Crippen molar-refractivity contribution in [2.24, 2.45) is 0 Å². The Morgan fingerprint density at radius 2 is 2.04 bits per heavy atom. The number of anilines is 1. The molecule has 1 fully saturated rings. The van der Waals surface area contributed by atoms with E-state index in [0.717, 1.165) is 24.5 Å². The van der Waals surface area contributed by atoms with Crippen LogP contribution >= 0.6 is 0 Å². The summed E-state index contributed by atoms with van der Waals surface area (Å²) in [4.78, 5) is 20.8. The minimum absolute atomic E-state index is 0.158. The van der Waals surface area contributed by atoms with E-state index in [1.54, 1.807) is 6.20 Å². The van der Waals surface area contributed by atoms with Crippen LogP contribution in [-0.2, 0) is 11.3 Å². The number of urea groups is 1. The third kappa shape index (κ3) is 5.86. The number of pyridine rings is 1. The molecule has 7 nitrogen and oxygen atoms in total. The minimum atomic E-state index is -0.158. The number of aromatic nitrogens is 1. The molecule has 2 N–H and O–H groups in total. The molecule has 0 bridgehead atoms. The molecule has 1 aliphatic rings. The third-order valence-electron chi connectivity index (χ3n) is 4.36. The summed E-state index contributed by atoms with van der Waals surface area (Å²) in [6.07, 6.45) is 2.22. The fourth-order valence-electron chi connectivity index (χ4n) is 3.16. The van der Waals surface area contributed by atoms with Crippen LogP contribution in [-0.4, -0.2) is 67.9 Å². The van der Waals surface area contributed by atoms with Crippen LogP contribution in [0.1, 0.15) is 26.3 Å². The Bertz CT molecular complexity index is 556. The highest BCUT2D eigenvalue weighted by Gasteiger charge is 2.25. The van der Waals surface area contributed by atoms with Crippen LogP contribution in [0.3, 0.4) is 0 Å². The van der Waals surface area contributed by atoms with Crippen molar-refractivity contribution >= 4 is 11.8 Å². The number of rotatable bonds is 6. The topological polar surface area (TPSA) is 69.7 Å². The largest absolute Gasteiger partial charge is 0.373 e. The molecule has 1 saturated heterocycles. The van der Waals surface area contributed by atoms with Gasteiger partial charge < -0.3 is 20.3 Å². The summed E-state index contributed by atoms with van der Waals surface area (Å²) in [6, 6.07) is 3.97. The molecule has 0 aliphatic carbocycles. The molecule has 0 radical (unpaired) electrons. The zero-order valence-electron chi connectivity index (χ0n) is 16.0. The number of morpholine rings is 1. The van der Waals surface area contributed by atoms with Crippen LogP contribution in [0.25, 0.3) is 0 Å². The van der Waals surface area contributed by atoms with Gasteiger partial charge in [-0.05, 0) is 26.8 Å². The van der Waals surface area contributed by atoms with Gasteiger partial charge in [-0.1, -0.05) is 6.07 Å². The Balaban J connectivity index is 1.77. The first-order valence-electron chi connectivity index (χ1n) is 8.89. The molecule has 25 heavy (non-hydrogen) atoms. The number of amides is 2. The molecule has 2 heterocycles. The Kier molecular flexibility index (Phi) is 7.01. The summed E-state index contributed by atoms with van der Waals surface area (Å²) in [6.45, 7) is 9.17. The summed E-state index contributed by atoms with van der Waals surface area (Å²) in [5, 5.41) is 5.87. The molecule has 0 spiro atoms. The summed E-state index contributed by atoms with van der Waals surface area (Å²) < 4.78 is 5.76. The minimum Gasteiger partial charge on any atom is -0.373 e. The van der Waals surface area contributed by atoms with Crippen molar-refractivity contribution in [3.8, 4) is 0 Å². The van der Waals surface area contributed by atoms with Crippen LogP contribution in [0, 0.1) is 0 Å². The highest BCUT2D eigenvalue weighted by molar-refractivity contribution is 5.74. The average Bonchev–Trinajstić information content (AvgIpc) is 2.57. The van der Waals surface area contributed by atoms with Crippen LogP contribution < -0.4 is 15.5 Å². The van der Waals surface area contributed by atoms with Gasteiger partial charge in [0.2, 0.25) is 0 Å². The van der Waals surface area contributed by atoms with Gasteiger partial charge in [-0.3, -0.25) is 4.90 Å². The van der Waals surface area contributed by atoms with Gasteiger partial charge in [0.05, 0.1) is 12.2 Å². The second kappa shape index (κ2) is 9.01. The molecular weight excluding hydrogens is 318 g/mol. The third-order valence-corrected chi connectivity index (χ3v) is 4.36. The van der Waals surface area contributed by atoms with E-state index in [4.69, 9.17) is 4.74 Å². The molecule has 2 amide bonds.